The Kier molecular flexibility index (Phi) is 6.59. The molecule has 0 atom stereocenters. The van der Waals surface area contributed by atoms with E-state index in [1.54, 1.807) is 13.0 Å². The largest absolute Gasteiger partial charge is 0.462 e. The van der Waals surface area contributed by atoms with Crippen molar-refractivity contribution in [3.05, 3.63) is 47.7 Å². The molecule has 0 saturated heterocycles. The van der Waals surface area contributed by atoms with Crippen molar-refractivity contribution in [1.29, 1.82) is 5.26 Å². The molecular formula is C15H14N4O2S2. The highest BCUT2D eigenvalue weighted by Gasteiger charge is 2.10. The van der Waals surface area contributed by atoms with Gasteiger partial charge in [0, 0.05) is 23.5 Å². The fraction of sp³-hybridized carbons (Fsp3) is 0.200. The van der Waals surface area contributed by atoms with Crippen LogP contribution in [0.3, 0.4) is 0 Å². The van der Waals surface area contributed by atoms with Gasteiger partial charge in [0.15, 0.2) is 5.57 Å². The summed E-state index contributed by atoms with van der Waals surface area (Å²) in [6.45, 7) is 1.90. The summed E-state index contributed by atoms with van der Waals surface area (Å²) in [6.07, 6.45) is 1.28. The molecule has 0 spiro atoms. The van der Waals surface area contributed by atoms with Gasteiger partial charge in [-0.15, -0.1) is 0 Å². The van der Waals surface area contributed by atoms with Crippen molar-refractivity contribution in [2.75, 3.05) is 11.9 Å². The number of benzene rings is 1. The summed E-state index contributed by atoms with van der Waals surface area (Å²) in [4.78, 5) is 15.8. The highest BCUT2D eigenvalue weighted by atomic mass is 32.2. The molecule has 118 valence electrons. The Morgan fingerprint density at radius 3 is 2.96 bits per heavy atom. The number of esters is 1. The summed E-state index contributed by atoms with van der Waals surface area (Å²) in [6, 6.07) is 11.8. The zero-order valence-corrected chi connectivity index (χ0v) is 14.0. The molecule has 0 aliphatic carbocycles. The van der Waals surface area contributed by atoms with Crippen LogP contribution in [0.2, 0.25) is 0 Å². The van der Waals surface area contributed by atoms with Crippen molar-refractivity contribution in [2.45, 2.75) is 17.8 Å². The Balaban J connectivity index is 1.91. The van der Waals surface area contributed by atoms with Crippen LogP contribution in [0.4, 0.5) is 5.13 Å². The predicted octanol–water partition coefficient (Wildman–Crippen LogP) is 3.21. The van der Waals surface area contributed by atoms with Crippen molar-refractivity contribution in [1.82, 2.24) is 9.36 Å². The van der Waals surface area contributed by atoms with E-state index >= 15 is 0 Å². The minimum atomic E-state index is -0.661. The number of hydrogen-bond donors (Lipinski definition) is 1. The van der Waals surface area contributed by atoms with Crippen LogP contribution in [0.1, 0.15) is 12.5 Å². The van der Waals surface area contributed by atoms with Gasteiger partial charge in [0.05, 0.1) is 6.61 Å². The topological polar surface area (TPSA) is 87.9 Å². The minimum Gasteiger partial charge on any atom is -0.462 e. The summed E-state index contributed by atoms with van der Waals surface area (Å²) in [7, 11) is 0. The first-order valence-electron chi connectivity index (χ1n) is 6.77. The van der Waals surface area contributed by atoms with Gasteiger partial charge in [0.1, 0.15) is 6.07 Å². The molecule has 2 aromatic rings. The van der Waals surface area contributed by atoms with E-state index in [1.807, 2.05) is 30.3 Å². The Labute approximate surface area is 142 Å². The van der Waals surface area contributed by atoms with Gasteiger partial charge in [-0.2, -0.15) is 14.6 Å². The third kappa shape index (κ3) is 5.39. The highest BCUT2D eigenvalue weighted by molar-refractivity contribution is 7.98. The van der Waals surface area contributed by atoms with E-state index in [9.17, 15) is 4.79 Å². The molecule has 2 rings (SSSR count). The van der Waals surface area contributed by atoms with Crippen LogP contribution in [0, 0.1) is 11.3 Å². The molecule has 1 aromatic carbocycles. The second-order valence-corrected chi connectivity index (χ2v) is 5.89. The normalized spacial score (nSPS) is 10.9. The van der Waals surface area contributed by atoms with Gasteiger partial charge in [-0.3, -0.25) is 0 Å². The molecule has 1 heterocycles. The quantitative estimate of drug-likeness (QED) is 0.356. The van der Waals surface area contributed by atoms with Crippen molar-refractivity contribution in [3.8, 4) is 6.07 Å². The van der Waals surface area contributed by atoms with E-state index in [4.69, 9.17) is 10.00 Å². The van der Waals surface area contributed by atoms with Gasteiger partial charge in [0.2, 0.25) is 10.3 Å². The Hall–Kier alpha value is -2.37. The van der Waals surface area contributed by atoms with E-state index in [0.29, 0.717) is 10.3 Å². The molecule has 1 aromatic heterocycles. The van der Waals surface area contributed by atoms with Crippen molar-refractivity contribution in [2.24, 2.45) is 0 Å². The maximum Gasteiger partial charge on any atom is 0.350 e. The standard InChI is InChI=1S/C15H14N4O2S2/c1-2-21-13(20)12(8-16)9-17-14-18-15(19-23-14)22-10-11-6-4-3-5-7-11/h3-7,9H,2,10H2,1H3,(H,17,18,19). The second kappa shape index (κ2) is 8.92. The first-order valence-corrected chi connectivity index (χ1v) is 8.53. The molecule has 8 heteroatoms. The third-order valence-electron chi connectivity index (χ3n) is 2.57. The number of anilines is 1. The van der Waals surface area contributed by atoms with E-state index in [0.717, 1.165) is 17.3 Å². The number of carbonyl (C=O) groups is 1. The minimum absolute atomic E-state index is 0.111. The molecule has 0 saturated carbocycles. The molecule has 1 N–H and O–H groups in total. The van der Waals surface area contributed by atoms with Crippen LogP contribution in [-0.4, -0.2) is 21.9 Å². The van der Waals surface area contributed by atoms with Crippen molar-refractivity contribution in [3.63, 3.8) is 0 Å². The number of rotatable bonds is 7. The number of aromatic nitrogens is 2. The molecule has 0 bridgehead atoms. The van der Waals surface area contributed by atoms with Crippen LogP contribution in [0.15, 0.2) is 47.3 Å². The molecule has 0 fully saturated rings. The molecular weight excluding hydrogens is 332 g/mol. The lowest BCUT2D eigenvalue weighted by Crippen LogP contribution is -2.07. The molecule has 0 aliphatic heterocycles. The van der Waals surface area contributed by atoms with Crippen LogP contribution >= 0.6 is 23.3 Å². The maximum atomic E-state index is 11.5. The molecule has 0 radical (unpaired) electrons. The summed E-state index contributed by atoms with van der Waals surface area (Å²) >= 11 is 2.68. The van der Waals surface area contributed by atoms with E-state index in [1.165, 1.54) is 23.5 Å². The second-order valence-electron chi connectivity index (χ2n) is 4.19. The van der Waals surface area contributed by atoms with Crippen molar-refractivity contribution < 1.29 is 9.53 Å². The zero-order valence-electron chi connectivity index (χ0n) is 12.4. The smallest absolute Gasteiger partial charge is 0.350 e. The van der Waals surface area contributed by atoms with Crippen LogP contribution in [-0.2, 0) is 15.3 Å². The Bertz CT molecular complexity index is 723. The SMILES string of the molecule is CCOC(=O)C(C#N)=CNc1nc(SCc2ccccc2)ns1. The van der Waals surface area contributed by atoms with Gasteiger partial charge in [-0.1, -0.05) is 42.1 Å². The summed E-state index contributed by atoms with van der Waals surface area (Å²) in [5.41, 5.74) is 1.08. The van der Waals surface area contributed by atoms with Gasteiger partial charge < -0.3 is 10.1 Å². The van der Waals surface area contributed by atoms with Crippen LogP contribution in [0.5, 0.6) is 0 Å². The van der Waals surface area contributed by atoms with E-state index in [-0.39, 0.29) is 12.2 Å². The average Bonchev–Trinajstić information content (AvgIpc) is 3.03. The number of nitrogens with zero attached hydrogens (tertiary/aromatic N) is 3. The molecule has 0 amide bonds. The first kappa shape index (κ1) is 17.0. The molecule has 0 unspecified atom stereocenters. The lowest BCUT2D eigenvalue weighted by Gasteiger charge is -1.99. The fourth-order valence-electron chi connectivity index (χ4n) is 1.53. The van der Waals surface area contributed by atoms with Gasteiger partial charge in [-0.05, 0) is 12.5 Å². The lowest BCUT2D eigenvalue weighted by atomic mass is 10.2. The summed E-state index contributed by atoms with van der Waals surface area (Å²) in [5, 5.41) is 12.9. The monoisotopic (exact) mass is 346 g/mol. The maximum absolute atomic E-state index is 11.5. The third-order valence-corrected chi connectivity index (χ3v) is 4.25. The summed E-state index contributed by atoms with van der Waals surface area (Å²) in [5.74, 6) is 0.116. The molecule has 0 aliphatic rings. The van der Waals surface area contributed by atoms with Crippen LogP contribution in [0.25, 0.3) is 0 Å². The number of nitrogens with one attached hydrogen (secondary N) is 1. The predicted molar refractivity (Wildman–Crippen MR) is 89.9 cm³/mol. The van der Waals surface area contributed by atoms with Gasteiger partial charge in [0.25, 0.3) is 0 Å². The highest BCUT2D eigenvalue weighted by Crippen LogP contribution is 2.23. The number of carbonyl (C=O) groups excluding carboxylic acids is 1. The first-order chi connectivity index (χ1) is 11.2. The average molecular weight is 346 g/mol. The Morgan fingerprint density at radius 2 is 2.26 bits per heavy atom. The van der Waals surface area contributed by atoms with E-state index in [2.05, 4.69) is 14.7 Å². The zero-order chi connectivity index (χ0) is 16.5. The van der Waals surface area contributed by atoms with Gasteiger partial charge >= 0.3 is 5.97 Å². The van der Waals surface area contributed by atoms with E-state index < -0.39 is 5.97 Å². The number of nitriles is 1. The number of thioether (sulfide) groups is 1. The summed E-state index contributed by atoms with van der Waals surface area (Å²) < 4.78 is 8.99. The van der Waals surface area contributed by atoms with Crippen molar-refractivity contribution >= 4 is 34.4 Å². The fourth-order valence-corrected chi connectivity index (χ4v) is 3.00. The number of hydrogen-bond acceptors (Lipinski definition) is 8. The number of ether oxygens (including phenoxy) is 1. The lowest BCUT2D eigenvalue weighted by molar-refractivity contribution is -0.138. The molecule has 6 nitrogen and oxygen atoms in total. The Morgan fingerprint density at radius 1 is 1.48 bits per heavy atom. The molecule has 23 heavy (non-hydrogen) atoms. The van der Waals surface area contributed by atoms with Gasteiger partial charge in [-0.25, -0.2) is 4.79 Å². The van der Waals surface area contributed by atoms with Crippen LogP contribution < -0.4 is 5.32 Å².